The molecule has 8 heteroatoms. The van der Waals surface area contributed by atoms with Gasteiger partial charge in [0.2, 0.25) is 0 Å². The smallest absolute Gasteiger partial charge is 0.295 e. The average molecular weight is 568 g/mol. The summed E-state index contributed by atoms with van der Waals surface area (Å²) in [6.07, 6.45) is 0. The van der Waals surface area contributed by atoms with Gasteiger partial charge in [0, 0.05) is 18.7 Å². The summed E-state index contributed by atoms with van der Waals surface area (Å²) in [5, 5.41) is 12.0. The first-order valence-electron chi connectivity index (χ1n) is 13.0. The summed E-state index contributed by atoms with van der Waals surface area (Å²) in [5.41, 5.74) is 3.25. The summed E-state index contributed by atoms with van der Waals surface area (Å²) < 4.78 is 5.92. The molecule has 1 amide bonds. The molecule has 1 saturated heterocycles. The Balaban J connectivity index is 1.66. The van der Waals surface area contributed by atoms with E-state index in [0.29, 0.717) is 46.6 Å². The van der Waals surface area contributed by atoms with Gasteiger partial charge in [0.05, 0.1) is 21.7 Å². The van der Waals surface area contributed by atoms with Crippen LogP contribution < -0.4 is 4.74 Å². The maximum Gasteiger partial charge on any atom is 0.295 e. The maximum absolute atomic E-state index is 13.3. The standard InChI is InChI=1S/C31H32Cl2N2O4/c1-4-34(5-2)16-17-35-28(22-12-15-25(32)26(33)18-22)27(30(37)31(35)38)29(36)21-10-13-24(14-11-21)39-19-23-9-7-6-8-20(23)3/h6-15,18,28,36H,4-5,16-17,19H2,1-3H3/b29-27+. The largest absolute Gasteiger partial charge is 0.507 e. The molecule has 39 heavy (non-hydrogen) atoms. The van der Waals surface area contributed by atoms with Crippen molar-refractivity contribution in [3.8, 4) is 5.75 Å². The summed E-state index contributed by atoms with van der Waals surface area (Å²) in [5.74, 6) is -1.02. The SMILES string of the molecule is CCN(CC)CCN1C(=O)C(=O)/C(=C(/O)c2ccc(OCc3ccccc3C)cc2)C1c1ccc(Cl)c(Cl)c1. The number of carbonyl (C=O) groups is 2. The van der Waals surface area contributed by atoms with E-state index in [9.17, 15) is 14.7 Å². The lowest BCUT2D eigenvalue weighted by atomic mass is 9.95. The second-order valence-corrected chi connectivity index (χ2v) is 10.2. The molecule has 0 saturated carbocycles. The lowest BCUT2D eigenvalue weighted by Gasteiger charge is -2.28. The van der Waals surface area contributed by atoms with Crippen molar-refractivity contribution in [2.75, 3.05) is 26.2 Å². The molecule has 1 N–H and O–H groups in total. The Morgan fingerprint density at radius 1 is 0.974 bits per heavy atom. The molecule has 0 radical (unpaired) electrons. The van der Waals surface area contributed by atoms with Gasteiger partial charge in [-0.25, -0.2) is 0 Å². The number of nitrogens with zero attached hydrogens (tertiary/aromatic N) is 2. The van der Waals surface area contributed by atoms with Gasteiger partial charge in [0.1, 0.15) is 18.1 Å². The van der Waals surface area contributed by atoms with E-state index in [0.717, 1.165) is 24.2 Å². The molecule has 3 aromatic rings. The average Bonchev–Trinajstić information content (AvgIpc) is 3.19. The molecule has 1 aliphatic heterocycles. The van der Waals surface area contributed by atoms with E-state index in [4.69, 9.17) is 27.9 Å². The van der Waals surface area contributed by atoms with Crippen molar-refractivity contribution in [2.45, 2.75) is 33.4 Å². The molecule has 0 aliphatic carbocycles. The van der Waals surface area contributed by atoms with Crippen LogP contribution in [0, 0.1) is 6.92 Å². The number of aryl methyl sites for hydroxylation is 1. The molecule has 0 aromatic heterocycles. The molecule has 3 aromatic carbocycles. The Morgan fingerprint density at radius 2 is 1.67 bits per heavy atom. The Hall–Kier alpha value is -3.32. The van der Waals surface area contributed by atoms with Gasteiger partial charge < -0.3 is 19.6 Å². The Labute approximate surface area is 239 Å². The third-order valence-corrected chi connectivity index (χ3v) is 7.87. The zero-order valence-electron chi connectivity index (χ0n) is 22.3. The number of likely N-dealkylation sites (tertiary alicyclic amines) is 1. The Bertz CT molecular complexity index is 1380. The van der Waals surface area contributed by atoms with Gasteiger partial charge in [-0.1, -0.05) is 67.4 Å². The van der Waals surface area contributed by atoms with E-state index >= 15 is 0 Å². The molecule has 4 rings (SSSR count). The zero-order valence-corrected chi connectivity index (χ0v) is 23.8. The van der Waals surface area contributed by atoms with Gasteiger partial charge in [-0.05, 0) is 73.1 Å². The normalized spacial score (nSPS) is 16.8. The summed E-state index contributed by atoms with van der Waals surface area (Å²) in [4.78, 5) is 30.2. The van der Waals surface area contributed by atoms with E-state index in [1.807, 2.05) is 45.0 Å². The van der Waals surface area contributed by atoms with Crippen LogP contribution in [0.4, 0.5) is 0 Å². The minimum atomic E-state index is -0.799. The molecule has 1 heterocycles. The first-order chi connectivity index (χ1) is 18.7. The van der Waals surface area contributed by atoms with Crippen molar-refractivity contribution in [1.29, 1.82) is 0 Å². The quantitative estimate of drug-likeness (QED) is 0.169. The summed E-state index contributed by atoms with van der Waals surface area (Å²) >= 11 is 12.5. The van der Waals surface area contributed by atoms with Crippen LogP contribution in [0.3, 0.4) is 0 Å². The third-order valence-electron chi connectivity index (χ3n) is 7.13. The summed E-state index contributed by atoms with van der Waals surface area (Å²) in [6, 6.07) is 19.0. The van der Waals surface area contributed by atoms with Crippen molar-refractivity contribution >= 4 is 40.7 Å². The van der Waals surface area contributed by atoms with Crippen LogP contribution in [0.2, 0.25) is 10.0 Å². The molecule has 204 valence electrons. The third kappa shape index (κ3) is 6.30. The van der Waals surface area contributed by atoms with Gasteiger partial charge in [0.15, 0.2) is 0 Å². The van der Waals surface area contributed by atoms with Gasteiger partial charge in [-0.2, -0.15) is 0 Å². The zero-order chi connectivity index (χ0) is 28.1. The van der Waals surface area contributed by atoms with Gasteiger partial charge in [0.25, 0.3) is 11.7 Å². The number of hydrogen-bond donors (Lipinski definition) is 1. The van der Waals surface area contributed by atoms with Gasteiger partial charge in [-0.3, -0.25) is 9.59 Å². The fourth-order valence-electron chi connectivity index (χ4n) is 4.73. The van der Waals surface area contributed by atoms with Gasteiger partial charge >= 0.3 is 0 Å². The van der Waals surface area contributed by atoms with E-state index in [-0.39, 0.29) is 11.3 Å². The minimum absolute atomic E-state index is 0.0199. The van der Waals surface area contributed by atoms with Crippen LogP contribution in [0.5, 0.6) is 5.75 Å². The molecule has 0 spiro atoms. The number of Topliss-reactive ketones (excluding diaryl/α,β-unsaturated/α-hetero) is 1. The predicted molar refractivity (Wildman–Crippen MR) is 155 cm³/mol. The first-order valence-corrected chi connectivity index (χ1v) is 13.7. The second-order valence-electron chi connectivity index (χ2n) is 9.43. The molecule has 0 bridgehead atoms. The Kier molecular flexibility index (Phi) is 9.33. The lowest BCUT2D eigenvalue weighted by molar-refractivity contribution is -0.140. The lowest BCUT2D eigenvalue weighted by Crippen LogP contribution is -2.38. The highest BCUT2D eigenvalue weighted by Crippen LogP contribution is 2.41. The van der Waals surface area contributed by atoms with Crippen LogP contribution in [0.1, 0.15) is 42.1 Å². The number of aliphatic hydroxyl groups is 1. The van der Waals surface area contributed by atoms with E-state index < -0.39 is 17.7 Å². The monoisotopic (exact) mass is 566 g/mol. The molecular weight excluding hydrogens is 535 g/mol. The number of ketones is 1. The number of carbonyl (C=O) groups excluding carboxylic acids is 2. The van der Waals surface area contributed by atoms with Crippen LogP contribution in [0.25, 0.3) is 5.76 Å². The van der Waals surface area contributed by atoms with Crippen LogP contribution in [0.15, 0.2) is 72.3 Å². The highest BCUT2D eigenvalue weighted by atomic mass is 35.5. The Morgan fingerprint density at radius 3 is 2.31 bits per heavy atom. The summed E-state index contributed by atoms with van der Waals surface area (Å²) in [6.45, 7) is 9.07. The molecule has 1 aliphatic rings. The number of likely N-dealkylation sites (N-methyl/N-ethyl adjacent to an activating group) is 1. The highest BCUT2D eigenvalue weighted by Gasteiger charge is 2.46. The fraction of sp³-hybridized carbons (Fsp3) is 0.290. The van der Waals surface area contributed by atoms with Crippen molar-refractivity contribution in [3.05, 3.63) is 105 Å². The molecular formula is C31H32Cl2N2O4. The predicted octanol–water partition coefficient (Wildman–Crippen LogP) is 6.64. The number of hydrogen-bond acceptors (Lipinski definition) is 5. The van der Waals surface area contributed by atoms with Crippen molar-refractivity contribution < 1.29 is 19.4 Å². The molecule has 6 nitrogen and oxygen atoms in total. The second kappa shape index (κ2) is 12.7. The topological polar surface area (TPSA) is 70.1 Å². The number of rotatable bonds is 10. The van der Waals surface area contributed by atoms with Crippen molar-refractivity contribution in [2.24, 2.45) is 0 Å². The first kappa shape index (κ1) is 28.7. The van der Waals surface area contributed by atoms with E-state index in [2.05, 4.69) is 4.90 Å². The fourth-order valence-corrected chi connectivity index (χ4v) is 5.03. The number of benzene rings is 3. The molecule has 1 atom stereocenters. The van der Waals surface area contributed by atoms with Crippen molar-refractivity contribution in [3.63, 3.8) is 0 Å². The highest BCUT2D eigenvalue weighted by molar-refractivity contribution is 6.46. The van der Waals surface area contributed by atoms with Crippen molar-refractivity contribution in [1.82, 2.24) is 9.80 Å². The maximum atomic E-state index is 13.3. The number of ether oxygens (including phenoxy) is 1. The van der Waals surface area contributed by atoms with Crippen LogP contribution in [-0.4, -0.2) is 52.8 Å². The van der Waals surface area contributed by atoms with E-state index in [1.165, 1.54) is 4.90 Å². The number of halogens is 2. The summed E-state index contributed by atoms with van der Waals surface area (Å²) in [7, 11) is 0. The minimum Gasteiger partial charge on any atom is -0.507 e. The van der Waals surface area contributed by atoms with Crippen LogP contribution in [-0.2, 0) is 16.2 Å². The van der Waals surface area contributed by atoms with Gasteiger partial charge in [-0.15, -0.1) is 0 Å². The van der Waals surface area contributed by atoms with Crippen LogP contribution >= 0.6 is 23.2 Å². The molecule has 1 fully saturated rings. The molecule has 1 unspecified atom stereocenters. The number of aliphatic hydroxyl groups excluding tert-OH is 1. The van der Waals surface area contributed by atoms with E-state index in [1.54, 1.807) is 42.5 Å². The number of amides is 1.